The molecule has 2 N–H and O–H groups in total. The van der Waals surface area contributed by atoms with Gasteiger partial charge in [-0.2, -0.15) is 0 Å². The number of benzene rings is 1. The summed E-state index contributed by atoms with van der Waals surface area (Å²) in [6.45, 7) is 0.483. The smallest absolute Gasteiger partial charge is 0.0777 e. The van der Waals surface area contributed by atoms with Crippen LogP contribution >= 0.6 is 23.2 Å². The summed E-state index contributed by atoms with van der Waals surface area (Å²) in [5, 5.41) is 1.40. The van der Waals surface area contributed by atoms with Crippen LogP contribution in [0.3, 0.4) is 0 Å². The second kappa shape index (κ2) is 3.70. The highest BCUT2D eigenvalue weighted by Gasteiger charge is 2.47. The Bertz CT molecular complexity index is 330. The van der Waals surface area contributed by atoms with E-state index in [0.29, 0.717) is 16.7 Å². The summed E-state index contributed by atoms with van der Waals surface area (Å²) in [6.07, 6.45) is 2.07. The van der Waals surface area contributed by atoms with E-state index in [1.54, 1.807) is 0 Å². The van der Waals surface area contributed by atoms with Gasteiger partial charge in [-0.25, -0.2) is 5.90 Å². The first kappa shape index (κ1) is 10.2. The van der Waals surface area contributed by atoms with E-state index in [2.05, 4.69) is 0 Å². The molecular weight excluding hydrogens is 221 g/mol. The predicted molar refractivity (Wildman–Crippen MR) is 57.5 cm³/mol. The molecule has 0 spiro atoms. The summed E-state index contributed by atoms with van der Waals surface area (Å²) in [5.74, 6) is 5.11. The molecule has 1 aliphatic rings. The average Bonchev–Trinajstić information content (AvgIpc) is 2.86. The molecule has 2 rings (SSSR count). The third kappa shape index (κ3) is 1.63. The Kier molecular flexibility index (Phi) is 2.71. The van der Waals surface area contributed by atoms with Crippen LogP contribution < -0.4 is 5.90 Å². The Morgan fingerprint density at radius 3 is 2.29 bits per heavy atom. The molecule has 0 saturated heterocycles. The number of hydrogen-bond acceptors (Lipinski definition) is 2. The molecule has 0 heterocycles. The first-order valence-electron chi connectivity index (χ1n) is 4.46. The van der Waals surface area contributed by atoms with Gasteiger partial charge < -0.3 is 4.84 Å². The lowest BCUT2D eigenvalue weighted by Crippen LogP contribution is -2.18. The Balaban J connectivity index is 2.40. The number of rotatable bonds is 3. The SMILES string of the molecule is NOCC1(c2c(Cl)cccc2Cl)CC1. The van der Waals surface area contributed by atoms with Crippen molar-refractivity contribution in [1.82, 2.24) is 0 Å². The summed E-state index contributed by atoms with van der Waals surface area (Å²) in [5.41, 5.74) is 0.943. The topological polar surface area (TPSA) is 35.2 Å². The van der Waals surface area contributed by atoms with Gasteiger partial charge >= 0.3 is 0 Å². The van der Waals surface area contributed by atoms with Crippen molar-refractivity contribution in [3.8, 4) is 0 Å². The first-order chi connectivity index (χ1) is 6.69. The van der Waals surface area contributed by atoms with Gasteiger partial charge in [0.25, 0.3) is 0 Å². The van der Waals surface area contributed by atoms with Crippen molar-refractivity contribution in [2.45, 2.75) is 18.3 Å². The first-order valence-corrected chi connectivity index (χ1v) is 5.21. The van der Waals surface area contributed by atoms with Gasteiger partial charge in [0, 0.05) is 15.5 Å². The van der Waals surface area contributed by atoms with Gasteiger partial charge in [-0.3, -0.25) is 0 Å². The van der Waals surface area contributed by atoms with Crippen LogP contribution in [-0.2, 0) is 10.3 Å². The molecule has 0 radical (unpaired) electrons. The second-order valence-electron chi connectivity index (χ2n) is 3.69. The molecule has 0 aromatic heterocycles. The summed E-state index contributed by atoms with van der Waals surface area (Å²) in [7, 11) is 0. The van der Waals surface area contributed by atoms with Crippen LogP contribution in [0.1, 0.15) is 18.4 Å². The van der Waals surface area contributed by atoms with Crippen LogP contribution in [0, 0.1) is 0 Å². The maximum Gasteiger partial charge on any atom is 0.0777 e. The van der Waals surface area contributed by atoms with Crippen molar-refractivity contribution < 1.29 is 4.84 Å². The zero-order chi connectivity index (χ0) is 10.2. The minimum absolute atomic E-state index is 0.0375. The molecule has 4 heteroatoms. The molecular formula is C10H11Cl2NO. The highest BCUT2D eigenvalue weighted by molar-refractivity contribution is 6.36. The van der Waals surface area contributed by atoms with Crippen molar-refractivity contribution in [1.29, 1.82) is 0 Å². The van der Waals surface area contributed by atoms with Crippen molar-refractivity contribution in [2.24, 2.45) is 5.90 Å². The minimum atomic E-state index is -0.0375. The Morgan fingerprint density at radius 2 is 1.86 bits per heavy atom. The van der Waals surface area contributed by atoms with E-state index in [9.17, 15) is 0 Å². The number of nitrogens with two attached hydrogens (primary N) is 1. The van der Waals surface area contributed by atoms with Crippen molar-refractivity contribution in [3.05, 3.63) is 33.8 Å². The molecule has 0 amide bonds. The minimum Gasteiger partial charge on any atom is -0.304 e. The van der Waals surface area contributed by atoms with E-state index in [1.165, 1.54) is 0 Å². The molecule has 2 nitrogen and oxygen atoms in total. The Labute approximate surface area is 92.9 Å². The Morgan fingerprint density at radius 1 is 1.29 bits per heavy atom. The van der Waals surface area contributed by atoms with Gasteiger partial charge in [-0.05, 0) is 30.5 Å². The van der Waals surface area contributed by atoms with Crippen molar-refractivity contribution >= 4 is 23.2 Å². The maximum atomic E-state index is 6.11. The highest BCUT2D eigenvalue weighted by atomic mass is 35.5. The monoisotopic (exact) mass is 231 g/mol. The van der Waals surface area contributed by atoms with Crippen LogP contribution in [-0.4, -0.2) is 6.61 Å². The fourth-order valence-electron chi connectivity index (χ4n) is 1.78. The molecule has 1 aromatic carbocycles. The van der Waals surface area contributed by atoms with Gasteiger partial charge in [-0.15, -0.1) is 0 Å². The molecule has 0 aliphatic heterocycles. The molecule has 14 heavy (non-hydrogen) atoms. The number of hydrogen-bond donors (Lipinski definition) is 1. The third-order valence-corrected chi connectivity index (χ3v) is 3.34. The van der Waals surface area contributed by atoms with Gasteiger partial charge in [-0.1, -0.05) is 29.3 Å². The molecule has 1 fully saturated rings. The molecule has 76 valence electrons. The van der Waals surface area contributed by atoms with Crippen LogP contribution in [0.25, 0.3) is 0 Å². The van der Waals surface area contributed by atoms with E-state index in [-0.39, 0.29) is 5.41 Å². The third-order valence-electron chi connectivity index (χ3n) is 2.71. The fourth-order valence-corrected chi connectivity index (χ4v) is 2.58. The predicted octanol–water partition coefficient (Wildman–Crippen LogP) is 2.92. The van der Waals surface area contributed by atoms with E-state index in [1.807, 2.05) is 18.2 Å². The van der Waals surface area contributed by atoms with Crippen LogP contribution in [0.15, 0.2) is 18.2 Å². The van der Waals surface area contributed by atoms with Gasteiger partial charge in [0.1, 0.15) is 0 Å². The Hall–Kier alpha value is -0.280. The quantitative estimate of drug-likeness (QED) is 0.813. The summed E-state index contributed by atoms with van der Waals surface area (Å²) in [6, 6.07) is 5.53. The van der Waals surface area contributed by atoms with Gasteiger partial charge in [0.15, 0.2) is 0 Å². The van der Waals surface area contributed by atoms with Crippen LogP contribution in [0.5, 0.6) is 0 Å². The zero-order valence-electron chi connectivity index (χ0n) is 7.59. The lowest BCUT2D eigenvalue weighted by Gasteiger charge is -2.17. The number of halogens is 2. The molecule has 0 unspecified atom stereocenters. The fraction of sp³-hybridized carbons (Fsp3) is 0.400. The van der Waals surface area contributed by atoms with Crippen molar-refractivity contribution in [2.75, 3.05) is 6.61 Å². The van der Waals surface area contributed by atoms with E-state index < -0.39 is 0 Å². The summed E-state index contributed by atoms with van der Waals surface area (Å²) >= 11 is 12.2. The van der Waals surface area contributed by atoms with Crippen LogP contribution in [0.4, 0.5) is 0 Å². The zero-order valence-corrected chi connectivity index (χ0v) is 9.11. The molecule has 1 aromatic rings. The van der Waals surface area contributed by atoms with E-state index in [0.717, 1.165) is 18.4 Å². The van der Waals surface area contributed by atoms with Gasteiger partial charge in [0.05, 0.1) is 6.61 Å². The van der Waals surface area contributed by atoms with E-state index in [4.69, 9.17) is 33.9 Å². The molecule has 1 aliphatic carbocycles. The standard InChI is InChI=1S/C10H11Cl2NO/c11-7-2-1-3-8(12)9(7)10(4-5-10)6-14-13/h1-3H,4-6,13H2. The summed E-state index contributed by atoms with van der Waals surface area (Å²) < 4.78 is 0. The lowest BCUT2D eigenvalue weighted by atomic mass is 9.97. The highest BCUT2D eigenvalue weighted by Crippen LogP contribution is 2.52. The molecule has 1 saturated carbocycles. The summed E-state index contributed by atoms with van der Waals surface area (Å²) in [4.78, 5) is 4.72. The average molecular weight is 232 g/mol. The maximum absolute atomic E-state index is 6.11. The molecule has 0 atom stereocenters. The van der Waals surface area contributed by atoms with E-state index >= 15 is 0 Å². The largest absolute Gasteiger partial charge is 0.304 e. The second-order valence-corrected chi connectivity index (χ2v) is 4.50. The van der Waals surface area contributed by atoms with Crippen molar-refractivity contribution in [3.63, 3.8) is 0 Å². The van der Waals surface area contributed by atoms with Crippen LogP contribution in [0.2, 0.25) is 10.0 Å². The molecule has 0 bridgehead atoms. The normalized spacial score (nSPS) is 18.2. The van der Waals surface area contributed by atoms with Gasteiger partial charge in [0.2, 0.25) is 0 Å². The lowest BCUT2D eigenvalue weighted by molar-refractivity contribution is 0.116.